The van der Waals surface area contributed by atoms with Crippen molar-refractivity contribution in [2.75, 3.05) is 0 Å². The maximum Gasteiger partial charge on any atom is 0.347 e. The molecule has 0 aliphatic rings. The summed E-state index contributed by atoms with van der Waals surface area (Å²) in [4.78, 5) is 16.0. The van der Waals surface area contributed by atoms with Crippen molar-refractivity contribution in [3.63, 3.8) is 0 Å². The van der Waals surface area contributed by atoms with Gasteiger partial charge in [-0.25, -0.2) is 9.78 Å². The highest BCUT2D eigenvalue weighted by molar-refractivity contribution is 7.18. The van der Waals surface area contributed by atoms with E-state index in [0.29, 0.717) is 4.88 Å². The molecule has 68 valence electrons. The highest BCUT2D eigenvalue weighted by Crippen LogP contribution is 2.23. The minimum Gasteiger partial charge on any atom is -0.477 e. The highest BCUT2D eigenvalue weighted by Gasteiger charge is 2.15. The van der Waals surface area contributed by atoms with E-state index >= 15 is 0 Å². The molecule has 13 heavy (non-hydrogen) atoms. The van der Waals surface area contributed by atoms with E-state index in [2.05, 4.69) is 4.98 Å². The van der Waals surface area contributed by atoms with Gasteiger partial charge in [-0.2, -0.15) is 0 Å². The monoisotopic (exact) mass is 196 g/mol. The molecule has 0 fully saturated rings. The van der Waals surface area contributed by atoms with E-state index in [-0.39, 0.29) is 0 Å². The Balaban J connectivity index is 2.82. The third-order valence-corrected chi connectivity index (χ3v) is 3.10. The Bertz CT molecular complexity index is 484. The molecule has 0 spiro atoms. The lowest BCUT2D eigenvalue weighted by molar-refractivity contribution is 0.0701. The zero-order valence-corrected chi connectivity index (χ0v) is 8.05. The number of imidazole rings is 1. The highest BCUT2D eigenvalue weighted by atomic mass is 32.1. The third-order valence-electron chi connectivity index (χ3n) is 1.96. The van der Waals surface area contributed by atoms with Gasteiger partial charge in [0.1, 0.15) is 4.88 Å². The molecule has 0 atom stereocenters. The Hall–Kier alpha value is -1.36. The van der Waals surface area contributed by atoms with Crippen LogP contribution in [0.25, 0.3) is 4.96 Å². The fraction of sp³-hybridized carbons (Fsp3) is 0.250. The number of fused-ring (bicyclic) bond motifs is 1. The standard InChI is InChI=1S/C8H8N2O2S/c1-4-3-9-8-10(4)5(2)6(13-8)7(11)12/h3H,1-2H3,(H,11,12). The number of carboxylic acids is 1. The first kappa shape index (κ1) is 8.25. The Morgan fingerprint density at radius 1 is 1.62 bits per heavy atom. The zero-order valence-electron chi connectivity index (χ0n) is 7.24. The molecule has 2 aromatic heterocycles. The van der Waals surface area contributed by atoms with Crippen molar-refractivity contribution < 1.29 is 9.90 Å². The van der Waals surface area contributed by atoms with Crippen molar-refractivity contribution in [2.24, 2.45) is 0 Å². The van der Waals surface area contributed by atoms with Crippen LogP contribution < -0.4 is 0 Å². The van der Waals surface area contributed by atoms with Crippen molar-refractivity contribution in [3.05, 3.63) is 22.5 Å². The Morgan fingerprint density at radius 2 is 2.31 bits per heavy atom. The molecule has 4 nitrogen and oxygen atoms in total. The maximum absolute atomic E-state index is 10.8. The zero-order chi connectivity index (χ0) is 9.59. The van der Waals surface area contributed by atoms with Crippen molar-refractivity contribution in [1.82, 2.24) is 9.38 Å². The summed E-state index contributed by atoms with van der Waals surface area (Å²) in [6.07, 6.45) is 1.74. The summed E-state index contributed by atoms with van der Waals surface area (Å²) in [6, 6.07) is 0. The van der Waals surface area contributed by atoms with Crippen LogP contribution in [0.3, 0.4) is 0 Å². The van der Waals surface area contributed by atoms with Gasteiger partial charge in [0.2, 0.25) is 0 Å². The normalized spacial score (nSPS) is 10.9. The number of carboxylic acid groups (broad SMARTS) is 1. The lowest BCUT2D eigenvalue weighted by Crippen LogP contribution is -1.97. The third kappa shape index (κ3) is 1.04. The van der Waals surface area contributed by atoms with Gasteiger partial charge in [-0.1, -0.05) is 11.3 Å². The number of hydrogen-bond acceptors (Lipinski definition) is 3. The largest absolute Gasteiger partial charge is 0.477 e. The average molecular weight is 196 g/mol. The first-order valence-electron chi connectivity index (χ1n) is 3.78. The van der Waals surface area contributed by atoms with E-state index in [1.165, 1.54) is 11.3 Å². The molecular formula is C8H8N2O2S. The van der Waals surface area contributed by atoms with Crippen LogP contribution in [0.2, 0.25) is 0 Å². The molecule has 1 N–H and O–H groups in total. The first-order chi connectivity index (χ1) is 6.11. The Labute approximate surface area is 78.5 Å². The van der Waals surface area contributed by atoms with Crippen LogP contribution in [0, 0.1) is 13.8 Å². The van der Waals surface area contributed by atoms with E-state index in [9.17, 15) is 4.79 Å². The van der Waals surface area contributed by atoms with Gasteiger partial charge < -0.3 is 5.11 Å². The van der Waals surface area contributed by atoms with E-state index in [1.807, 2.05) is 11.3 Å². The second kappa shape index (κ2) is 2.56. The average Bonchev–Trinajstić information content (AvgIpc) is 2.55. The summed E-state index contributed by atoms with van der Waals surface area (Å²) >= 11 is 1.21. The van der Waals surface area contributed by atoms with Crippen LogP contribution in [0.5, 0.6) is 0 Å². The molecule has 0 aliphatic heterocycles. The van der Waals surface area contributed by atoms with Crippen LogP contribution in [-0.4, -0.2) is 20.5 Å². The molecule has 0 aromatic carbocycles. The van der Waals surface area contributed by atoms with Gasteiger partial charge >= 0.3 is 5.97 Å². The summed E-state index contributed by atoms with van der Waals surface area (Å²) in [7, 11) is 0. The quantitative estimate of drug-likeness (QED) is 0.755. The van der Waals surface area contributed by atoms with Crippen LogP contribution in [-0.2, 0) is 0 Å². The van der Waals surface area contributed by atoms with Gasteiger partial charge in [0.05, 0.1) is 0 Å². The molecule has 0 aliphatic carbocycles. The number of hydrogen-bond donors (Lipinski definition) is 1. The minimum absolute atomic E-state index is 0.367. The van der Waals surface area contributed by atoms with Crippen molar-refractivity contribution in [1.29, 1.82) is 0 Å². The fourth-order valence-corrected chi connectivity index (χ4v) is 2.35. The van der Waals surface area contributed by atoms with E-state index < -0.39 is 5.97 Å². The lowest BCUT2D eigenvalue weighted by Gasteiger charge is -1.93. The predicted molar refractivity (Wildman–Crippen MR) is 49.5 cm³/mol. The molecule has 5 heteroatoms. The molecule has 0 bridgehead atoms. The van der Waals surface area contributed by atoms with Crippen LogP contribution in [0.1, 0.15) is 21.1 Å². The summed E-state index contributed by atoms with van der Waals surface area (Å²) in [6.45, 7) is 3.70. The second-order valence-corrected chi connectivity index (χ2v) is 3.82. The summed E-state index contributed by atoms with van der Waals surface area (Å²) in [5.41, 5.74) is 1.72. The van der Waals surface area contributed by atoms with E-state index in [0.717, 1.165) is 16.3 Å². The molecule has 0 radical (unpaired) electrons. The van der Waals surface area contributed by atoms with Crippen molar-refractivity contribution in [2.45, 2.75) is 13.8 Å². The fourth-order valence-electron chi connectivity index (χ4n) is 1.36. The number of aromatic nitrogens is 2. The molecule has 0 amide bonds. The molecule has 2 heterocycles. The topological polar surface area (TPSA) is 54.6 Å². The molecular weight excluding hydrogens is 188 g/mol. The van der Waals surface area contributed by atoms with Gasteiger partial charge in [-0.3, -0.25) is 4.40 Å². The second-order valence-electron chi connectivity index (χ2n) is 2.84. The van der Waals surface area contributed by atoms with E-state index in [1.54, 1.807) is 13.1 Å². The first-order valence-corrected chi connectivity index (χ1v) is 4.59. The number of aromatic carboxylic acids is 1. The van der Waals surface area contributed by atoms with E-state index in [4.69, 9.17) is 5.11 Å². The van der Waals surface area contributed by atoms with Gasteiger partial charge in [0.15, 0.2) is 4.96 Å². The van der Waals surface area contributed by atoms with Gasteiger partial charge in [0.25, 0.3) is 0 Å². The molecule has 2 rings (SSSR count). The van der Waals surface area contributed by atoms with Crippen molar-refractivity contribution in [3.8, 4) is 0 Å². The van der Waals surface area contributed by atoms with Crippen molar-refractivity contribution >= 4 is 22.3 Å². The Kier molecular flexibility index (Phi) is 1.63. The molecule has 2 aromatic rings. The number of carbonyl (C=O) groups is 1. The molecule has 0 unspecified atom stereocenters. The van der Waals surface area contributed by atoms with Crippen LogP contribution >= 0.6 is 11.3 Å². The Morgan fingerprint density at radius 3 is 2.85 bits per heavy atom. The SMILES string of the molecule is Cc1cnc2sc(C(=O)O)c(C)n12. The van der Waals surface area contributed by atoms with Gasteiger partial charge in [-0.15, -0.1) is 0 Å². The van der Waals surface area contributed by atoms with Crippen LogP contribution in [0.4, 0.5) is 0 Å². The molecule has 0 saturated carbocycles. The number of aryl methyl sites for hydroxylation is 2. The summed E-state index contributed by atoms with van der Waals surface area (Å²) in [5.74, 6) is -0.882. The summed E-state index contributed by atoms with van der Waals surface area (Å²) < 4.78 is 1.86. The van der Waals surface area contributed by atoms with Gasteiger partial charge in [-0.05, 0) is 13.8 Å². The minimum atomic E-state index is -0.882. The number of thiazole rings is 1. The lowest BCUT2D eigenvalue weighted by atomic mass is 10.4. The number of rotatable bonds is 1. The van der Waals surface area contributed by atoms with Gasteiger partial charge in [0, 0.05) is 17.6 Å². The maximum atomic E-state index is 10.8. The number of nitrogens with zero attached hydrogens (tertiary/aromatic N) is 2. The smallest absolute Gasteiger partial charge is 0.347 e. The summed E-state index contributed by atoms with van der Waals surface area (Å²) in [5, 5.41) is 8.85. The van der Waals surface area contributed by atoms with Crippen LogP contribution in [0.15, 0.2) is 6.20 Å². The molecule has 0 saturated heterocycles. The predicted octanol–water partition coefficient (Wildman–Crippen LogP) is 1.71.